The molecule has 1 fully saturated rings. The summed E-state index contributed by atoms with van der Waals surface area (Å²) in [5, 5.41) is 10.2. The van der Waals surface area contributed by atoms with E-state index < -0.39 is 24.0 Å². The van der Waals surface area contributed by atoms with Gasteiger partial charge in [0.2, 0.25) is 0 Å². The molecule has 1 amide bonds. The molecule has 1 aliphatic heterocycles. The van der Waals surface area contributed by atoms with E-state index in [2.05, 4.69) is 4.98 Å². The van der Waals surface area contributed by atoms with Crippen molar-refractivity contribution in [3.05, 3.63) is 76.9 Å². The van der Waals surface area contributed by atoms with Gasteiger partial charge in [-0.05, 0) is 48.7 Å². The Kier molecular flexibility index (Phi) is 6.51. The molecule has 33 heavy (non-hydrogen) atoms. The van der Waals surface area contributed by atoms with Crippen molar-refractivity contribution in [2.24, 2.45) is 0 Å². The van der Waals surface area contributed by atoms with E-state index in [0.717, 1.165) is 11.1 Å². The number of aromatic nitrogens is 1. The summed E-state index contributed by atoms with van der Waals surface area (Å²) in [7, 11) is 3.14. The molecule has 8 heteroatoms. The van der Waals surface area contributed by atoms with E-state index in [1.165, 1.54) is 11.1 Å². The minimum Gasteiger partial charge on any atom is -0.497 e. The second-order valence-electron chi connectivity index (χ2n) is 7.68. The van der Waals surface area contributed by atoms with Crippen molar-refractivity contribution in [2.75, 3.05) is 14.2 Å². The van der Waals surface area contributed by atoms with Crippen molar-refractivity contribution in [1.82, 2.24) is 9.88 Å². The van der Waals surface area contributed by atoms with Crippen LogP contribution in [0.25, 0.3) is 11.3 Å². The second-order valence-corrected chi connectivity index (χ2v) is 8.09. The lowest BCUT2D eigenvalue weighted by Crippen LogP contribution is -2.42. The topological polar surface area (TPSA) is 89.0 Å². The molecule has 0 aliphatic carbocycles. The van der Waals surface area contributed by atoms with Gasteiger partial charge in [-0.3, -0.25) is 9.78 Å². The fourth-order valence-corrected chi connectivity index (χ4v) is 4.49. The van der Waals surface area contributed by atoms with Crippen LogP contribution in [0, 0.1) is 0 Å². The van der Waals surface area contributed by atoms with Gasteiger partial charge in [0.15, 0.2) is 0 Å². The molecule has 1 saturated heterocycles. The summed E-state index contributed by atoms with van der Waals surface area (Å²) in [6, 6.07) is 14.6. The quantitative estimate of drug-likeness (QED) is 0.558. The third kappa shape index (κ3) is 4.36. The molecule has 1 N–H and O–H groups in total. The number of halogens is 1. The smallest absolute Gasteiger partial charge is 0.326 e. The van der Waals surface area contributed by atoms with Crippen LogP contribution in [-0.4, -0.2) is 47.1 Å². The van der Waals surface area contributed by atoms with Crippen LogP contribution in [0.5, 0.6) is 11.5 Å². The third-order valence-corrected chi connectivity index (χ3v) is 6.21. The molecule has 0 bridgehead atoms. The van der Waals surface area contributed by atoms with Crippen molar-refractivity contribution in [3.8, 4) is 22.8 Å². The minimum absolute atomic E-state index is 0.302. The monoisotopic (exact) mass is 466 g/mol. The van der Waals surface area contributed by atoms with E-state index in [1.54, 1.807) is 50.6 Å². The summed E-state index contributed by atoms with van der Waals surface area (Å²) < 4.78 is 10.7. The number of nitrogens with zero attached hydrogens (tertiary/aromatic N) is 2. The van der Waals surface area contributed by atoms with Crippen LogP contribution in [0.2, 0.25) is 5.02 Å². The Morgan fingerprint density at radius 1 is 1.06 bits per heavy atom. The standard InChI is InChI=1S/C25H23ClN2O5/c1-32-16-8-9-18(23(13-16)33-2)20-10-7-15(14-27-20)24(29)28-21(11-12-22(28)25(30)31)17-5-3-4-6-19(17)26/h3-10,13-14,21-22H,11-12H2,1-2H3,(H,30,31)/t21-,22+/m1/s1. The highest BCUT2D eigenvalue weighted by atomic mass is 35.5. The van der Waals surface area contributed by atoms with E-state index >= 15 is 0 Å². The summed E-state index contributed by atoms with van der Waals surface area (Å²) >= 11 is 6.37. The average Bonchev–Trinajstić information content (AvgIpc) is 3.29. The van der Waals surface area contributed by atoms with Crippen molar-refractivity contribution >= 4 is 23.5 Å². The van der Waals surface area contributed by atoms with Gasteiger partial charge >= 0.3 is 5.97 Å². The van der Waals surface area contributed by atoms with E-state index in [1.807, 2.05) is 18.2 Å². The zero-order valence-electron chi connectivity index (χ0n) is 18.2. The molecule has 3 aromatic rings. The van der Waals surface area contributed by atoms with Crippen molar-refractivity contribution in [3.63, 3.8) is 0 Å². The highest BCUT2D eigenvalue weighted by Gasteiger charge is 2.42. The van der Waals surface area contributed by atoms with Gasteiger partial charge in [-0.2, -0.15) is 0 Å². The Labute approximate surface area is 196 Å². The maximum Gasteiger partial charge on any atom is 0.326 e. The minimum atomic E-state index is -1.04. The van der Waals surface area contributed by atoms with Crippen LogP contribution >= 0.6 is 11.6 Å². The van der Waals surface area contributed by atoms with Gasteiger partial charge in [-0.1, -0.05) is 29.8 Å². The number of carboxylic acid groups (broad SMARTS) is 1. The molecular weight excluding hydrogens is 444 g/mol. The molecule has 0 unspecified atom stereocenters. The van der Waals surface area contributed by atoms with Gasteiger partial charge in [-0.15, -0.1) is 0 Å². The number of aliphatic carboxylic acids is 1. The van der Waals surface area contributed by atoms with E-state index in [-0.39, 0.29) is 0 Å². The molecule has 0 radical (unpaired) electrons. The van der Waals surface area contributed by atoms with Crippen LogP contribution in [0.15, 0.2) is 60.8 Å². The number of hydrogen-bond acceptors (Lipinski definition) is 5. The summed E-state index contributed by atoms with van der Waals surface area (Å²) in [6.07, 6.45) is 2.33. The largest absolute Gasteiger partial charge is 0.497 e. The maximum absolute atomic E-state index is 13.4. The molecule has 7 nitrogen and oxygen atoms in total. The van der Waals surface area contributed by atoms with E-state index in [9.17, 15) is 14.7 Å². The first-order chi connectivity index (χ1) is 15.9. The average molecular weight is 467 g/mol. The SMILES string of the molecule is COc1ccc(-c2ccc(C(=O)N3[C@@H](c4ccccc4Cl)CC[C@H]3C(=O)O)cn2)c(OC)c1. The number of ether oxygens (including phenoxy) is 2. The summed E-state index contributed by atoms with van der Waals surface area (Å²) in [4.78, 5) is 31.2. The number of hydrogen-bond donors (Lipinski definition) is 1. The predicted molar refractivity (Wildman–Crippen MR) is 124 cm³/mol. The highest BCUT2D eigenvalue weighted by Crippen LogP contribution is 2.40. The molecular formula is C25H23ClN2O5. The lowest BCUT2D eigenvalue weighted by atomic mass is 10.0. The molecule has 170 valence electrons. The normalized spacial score (nSPS) is 17.6. The molecule has 1 aliphatic rings. The number of pyridine rings is 1. The Bertz CT molecular complexity index is 1180. The Morgan fingerprint density at radius 2 is 1.85 bits per heavy atom. The molecule has 0 saturated carbocycles. The van der Waals surface area contributed by atoms with Gasteiger partial charge in [0.1, 0.15) is 17.5 Å². The second kappa shape index (κ2) is 9.50. The van der Waals surface area contributed by atoms with Gasteiger partial charge in [0.05, 0.1) is 31.5 Å². The van der Waals surface area contributed by atoms with E-state index in [4.69, 9.17) is 21.1 Å². The third-order valence-electron chi connectivity index (χ3n) is 5.86. The Hall–Kier alpha value is -3.58. The molecule has 1 aromatic heterocycles. The Balaban J connectivity index is 1.66. The maximum atomic E-state index is 13.4. The lowest BCUT2D eigenvalue weighted by molar-refractivity contribution is -0.141. The molecule has 4 rings (SSSR count). The fraction of sp³-hybridized carbons (Fsp3) is 0.240. The number of rotatable bonds is 6. The first-order valence-electron chi connectivity index (χ1n) is 10.4. The van der Waals surface area contributed by atoms with Gasteiger partial charge < -0.3 is 19.5 Å². The number of likely N-dealkylation sites (tertiary alicyclic amines) is 1. The predicted octanol–water partition coefficient (Wildman–Crippen LogP) is 4.85. The highest BCUT2D eigenvalue weighted by molar-refractivity contribution is 6.31. The van der Waals surface area contributed by atoms with Gasteiger partial charge in [0, 0.05) is 22.8 Å². The first-order valence-corrected chi connectivity index (χ1v) is 10.8. The van der Waals surface area contributed by atoms with Gasteiger partial charge in [0.25, 0.3) is 5.91 Å². The number of carbonyl (C=O) groups excluding carboxylic acids is 1. The van der Waals surface area contributed by atoms with Crippen LogP contribution in [-0.2, 0) is 4.79 Å². The van der Waals surface area contributed by atoms with Crippen molar-refractivity contribution < 1.29 is 24.2 Å². The molecule has 0 spiro atoms. The zero-order chi connectivity index (χ0) is 23.5. The van der Waals surface area contributed by atoms with Crippen molar-refractivity contribution in [1.29, 1.82) is 0 Å². The molecule has 2 aromatic carbocycles. The fourth-order valence-electron chi connectivity index (χ4n) is 4.23. The number of carbonyl (C=O) groups is 2. The van der Waals surface area contributed by atoms with E-state index in [0.29, 0.717) is 40.6 Å². The lowest BCUT2D eigenvalue weighted by Gasteiger charge is -2.29. The number of methoxy groups -OCH3 is 2. The Morgan fingerprint density at radius 3 is 2.48 bits per heavy atom. The number of carboxylic acids is 1. The van der Waals surface area contributed by atoms with Crippen molar-refractivity contribution in [2.45, 2.75) is 24.9 Å². The summed E-state index contributed by atoms with van der Waals surface area (Å²) in [5.41, 5.74) is 2.40. The van der Waals surface area contributed by atoms with Crippen LogP contribution in [0.3, 0.4) is 0 Å². The zero-order valence-corrected chi connectivity index (χ0v) is 19.0. The molecule has 2 atom stereocenters. The summed E-state index contributed by atoms with van der Waals surface area (Å²) in [6.45, 7) is 0. The molecule has 2 heterocycles. The first kappa shape index (κ1) is 22.6. The number of benzene rings is 2. The van der Waals surface area contributed by atoms with Crippen LogP contribution in [0.4, 0.5) is 0 Å². The number of amides is 1. The van der Waals surface area contributed by atoms with Crippen LogP contribution in [0.1, 0.15) is 34.8 Å². The van der Waals surface area contributed by atoms with Gasteiger partial charge in [-0.25, -0.2) is 4.79 Å². The summed E-state index contributed by atoms with van der Waals surface area (Å²) in [5.74, 6) is -0.192. The van der Waals surface area contributed by atoms with Crippen LogP contribution < -0.4 is 9.47 Å².